The van der Waals surface area contributed by atoms with Gasteiger partial charge in [0.2, 0.25) is 5.91 Å². The summed E-state index contributed by atoms with van der Waals surface area (Å²) in [6.07, 6.45) is 2.62. The fraction of sp³-hybridized carbons (Fsp3) is 0.650. The Bertz CT molecular complexity index is 527. The van der Waals surface area contributed by atoms with Gasteiger partial charge in [0.05, 0.1) is 19.8 Å². The highest BCUT2D eigenvalue weighted by Gasteiger charge is 2.25. The van der Waals surface area contributed by atoms with Crippen molar-refractivity contribution >= 4 is 5.91 Å². The molecule has 1 aromatic rings. The van der Waals surface area contributed by atoms with Crippen molar-refractivity contribution in [1.82, 2.24) is 15.1 Å². The van der Waals surface area contributed by atoms with Gasteiger partial charge < -0.3 is 15.0 Å². The molecule has 1 atom stereocenters. The largest absolute Gasteiger partial charge is 0.379 e. The molecule has 0 spiro atoms. The Labute approximate surface area is 151 Å². The number of rotatable bonds is 9. The molecule has 0 radical (unpaired) electrons. The summed E-state index contributed by atoms with van der Waals surface area (Å²) in [5.74, 6) is 0.992. The Hall–Kier alpha value is -1.43. The molecule has 1 aromatic carbocycles. The van der Waals surface area contributed by atoms with E-state index >= 15 is 0 Å². The van der Waals surface area contributed by atoms with Gasteiger partial charge in [-0.1, -0.05) is 30.3 Å². The van der Waals surface area contributed by atoms with Crippen LogP contribution in [0.1, 0.15) is 25.3 Å². The first kappa shape index (κ1) is 18.4. The lowest BCUT2D eigenvalue weighted by Gasteiger charge is -2.35. The molecule has 1 N–H and O–H groups in total. The highest BCUT2D eigenvalue weighted by molar-refractivity contribution is 5.78. The van der Waals surface area contributed by atoms with Crippen molar-refractivity contribution in [1.29, 1.82) is 0 Å². The molecule has 1 saturated carbocycles. The van der Waals surface area contributed by atoms with Crippen LogP contribution in [0.15, 0.2) is 30.3 Å². The molecule has 1 aliphatic carbocycles. The average Bonchev–Trinajstić information content (AvgIpc) is 3.45. The maximum absolute atomic E-state index is 12.9. The maximum atomic E-state index is 12.9. The van der Waals surface area contributed by atoms with Crippen molar-refractivity contribution in [3.63, 3.8) is 0 Å². The van der Waals surface area contributed by atoms with Gasteiger partial charge in [-0.25, -0.2) is 0 Å². The zero-order valence-electron chi connectivity index (χ0n) is 15.3. The van der Waals surface area contributed by atoms with E-state index in [1.165, 1.54) is 18.4 Å². The first-order valence-corrected chi connectivity index (χ1v) is 9.56. The Balaban J connectivity index is 1.58. The Morgan fingerprint density at radius 1 is 1.28 bits per heavy atom. The minimum absolute atomic E-state index is 0.188. The third-order valence-electron chi connectivity index (χ3n) is 5.08. The van der Waals surface area contributed by atoms with Crippen molar-refractivity contribution in [3.8, 4) is 0 Å². The van der Waals surface area contributed by atoms with Gasteiger partial charge >= 0.3 is 0 Å². The topological polar surface area (TPSA) is 44.8 Å². The third kappa shape index (κ3) is 6.10. The van der Waals surface area contributed by atoms with E-state index in [9.17, 15) is 4.79 Å². The Morgan fingerprint density at radius 2 is 2.00 bits per heavy atom. The lowest BCUT2D eigenvalue weighted by atomic mass is 10.1. The smallest absolute Gasteiger partial charge is 0.237 e. The zero-order valence-corrected chi connectivity index (χ0v) is 15.3. The molecular weight excluding hydrogens is 314 g/mol. The summed E-state index contributed by atoms with van der Waals surface area (Å²) in [5, 5.41) is 3.35. The fourth-order valence-corrected chi connectivity index (χ4v) is 3.33. The SMILES string of the molecule is CC(CN1CCOCC1)N(Cc1ccccc1)C(=O)CNCC1CC1. The third-order valence-corrected chi connectivity index (χ3v) is 5.08. The average molecular weight is 345 g/mol. The van der Waals surface area contributed by atoms with E-state index in [1.54, 1.807) is 0 Å². The van der Waals surface area contributed by atoms with Crippen LogP contribution < -0.4 is 5.32 Å². The molecule has 2 fully saturated rings. The quantitative estimate of drug-likeness (QED) is 0.740. The monoisotopic (exact) mass is 345 g/mol. The predicted molar refractivity (Wildman–Crippen MR) is 99.3 cm³/mol. The van der Waals surface area contributed by atoms with Crippen LogP contribution in [0.5, 0.6) is 0 Å². The first-order chi connectivity index (χ1) is 12.2. The van der Waals surface area contributed by atoms with Gasteiger partial charge in [-0.05, 0) is 37.8 Å². The minimum Gasteiger partial charge on any atom is -0.379 e. The molecule has 1 amide bonds. The molecule has 1 unspecified atom stereocenters. The molecule has 5 heteroatoms. The zero-order chi connectivity index (χ0) is 17.5. The van der Waals surface area contributed by atoms with Gasteiger partial charge in [-0.15, -0.1) is 0 Å². The number of hydrogen-bond acceptors (Lipinski definition) is 4. The van der Waals surface area contributed by atoms with Gasteiger partial charge in [-0.3, -0.25) is 9.69 Å². The van der Waals surface area contributed by atoms with Crippen molar-refractivity contribution in [2.24, 2.45) is 5.92 Å². The van der Waals surface area contributed by atoms with Gasteiger partial charge in [-0.2, -0.15) is 0 Å². The van der Waals surface area contributed by atoms with Crippen LogP contribution in [0.3, 0.4) is 0 Å². The van der Waals surface area contributed by atoms with E-state index < -0.39 is 0 Å². The number of nitrogens with one attached hydrogen (secondary N) is 1. The summed E-state index contributed by atoms with van der Waals surface area (Å²) in [7, 11) is 0. The van der Waals surface area contributed by atoms with Crippen molar-refractivity contribution in [2.75, 3.05) is 45.9 Å². The molecule has 0 aromatic heterocycles. The number of benzene rings is 1. The molecule has 3 rings (SSSR count). The second-order valence-electron chi connectivity index (χ2n) is 7.34. The molecule has 1 aliphatic heterocycles. The summed E-state index contributed by atoms with van der Waals surface area (Å²) in [5.41, 5.74) is 1.19. The van der Waals surface area contributed by atoms with E-state index in [0.29, 0.717) is 13.1 Å². The first-order valence-electron chi connectivity index (χ1n) is 9.56. The molecule has 5 nitrogen and oxygen atoms in total. The number of carbonyl (C=O) groups excluding carboxylic acids is 1. The van der Waals surface area contributed by atoms with E-state index in [-0.39, 0.29) is 11.9 Å². The molecule has 138 valence electrons. The number of ether oxygens (including phenoxy) is 1. The van der Waals surface area contributed by atoms with E-state index in [4.69, 9.17) is 4.74 Å². The minimum atomic E-state index is 0.188. The number of nitrogens with zero attached hydrogens (tertiary/aromatic N) is 2. The number of amides is 1. The van der Waals surface area contributed by atoms with Crippen molar-refractivity contribution in [2.45, 2.75) is 32.4 Å². The van der Waals surface area contributed by atoms with Crippen LogP contribution in [0.2, 0.25) is 0 Å². The Kier molecular flexibility index (Phi) is 6.84. The standard InChI is InChI=1S/C20H31N3O2/c1-17(15-22-9-11-25-12-10-22)23(16-19-5-3-2-4-6-19)20(24)14-21-13-18-7-8-18/h2-6,17-18,21H,7-16H2,1H3. The van der Waals surface area contributed by atoms with Crippen molar-refractivity contribution < 1.29 is 9.53 Å². The summed E-state index contributed by atoms with van der Waals surface area (Å²) in [6.45, 7) is 8.66. The molecule has 0 bridgehead atoms. The molecule has 2 aliphatic rings. The fourth-order valence-electron chi connectivity index (χ4n) is 3.33. The highest BCUT2D eigenvalue weighted by atomic mass is 16.5. The van der Waals surface area contributed by atoms with Crippen LogP contribution in [-0.4, -0.2) is 67.7 Å². The molecule has 25 heavy (non-hydrogen) atoms. The second kappa shape index (κ2) is 9.32. The molecule has 1 heterocycles. The maximum Gasteiger partial charge on any atom is 0.237 e. The van der Waals surface area contributed by atoms with Crippen LogP contribution in [0, 0.1) is 5.92 Å². The van der Waals surface area contributed by atoms with Crippen LogP contribution in [-0.2, 0) is 16.1 Å². The second-order valence-corrected chi connectivity index (χ2v) is 7.34. The van der Waals surface area contributed by atoms with Gasteiger partial charge in [0.25, 0.3) is 0 Å². The lowest BCUT2D eigenvalue weighted by Crippen LogP contribution is -2.49. The van der Waals surface area contributed by atoms with Crippen molar-refractivity contribution in [3.05, 3.63) is 35.9 Å². The van der Waals surface area contributed by atoms with Crippen LogP contribution in [0.4, 0.5) is 0 Å². The van der Waals surface area contributed by atoms with E-state index in [1.807, 2.05) is 23.1 Å². The number of hydrogen-bond donors (Lipinski definition) is 1. The normalized spacial score (nSPS) is 19.6. The van der Waals surface area contributed by atoms with E-state index in [0.717, 1.165) is 45.3 Å². The van der Waals surface area contributed by atoms with E-state index in [2.05, 4.69) is 29.3 Å². The Morgan fingerprint density at radius 3 is 2.68 bits per heavy atom. The predicted octanol–water partition coefficient (Wildman–Crippen LogP) is 1.74. The lowest BCUT2D eigenvalue weighted by molar-refractivity contribution is -0.133. The number of carbonyl (C=O) groups is 1. The van der Waals surface area contributed by atoms with Gasteiger partial charge in [0, 0.05) is 32.2 Å². The molecule has 1 saturated heterocycles. The highest BCUT2D eigenvalue weighted by Crippen LogP contribution is 2.27. The van der Waals surface area contributed by atoms with Crippen LogP contribution >= 0.6 is 0 Å². The summed E-state index contributed by atoms with van der Waals surface area (Å²) in [6, 6.07) is 10.5. The van der Waals surface area contributed by atoms with Gasteiger partial charge in [0.15, 0.2) is 0 Å². The summed E-state index contributed by atoms with van der Waals surface area (Å²) >= 11 is 0. The molecular formula is C20H31N3O2. The van der Waals surface area contributed by atoms with Gasteiger partial charge in [0.1, 0.15) is 0 Å². The summed E-state index contributed by atoms with van der Waals surface area (Å²) in [4.78, 5) is 17.3. The number of morpholine rings is 1. The van der Waals surface area contributed by atoms with Crippen LogP contribution in [0.25, 0.3) is 0 Å². The summed E-state index contributed by atoms with van der Waals surface area (Å²) < 4.78 is 5.43.